The zero-order valence-corrected chi connectivity index (χ0v) is 15.0. The van der Waals surface area contributed by atoms with Gasteiger partial charge in [0.15, 0.2) is 11.5 Å². The van der Waals surface area contributed by atoms with Crippen molar-refractivity contribution in [1.29, 1.82) is 0 Å². The molecule has 25 heavy (non-hydrogen) atoms. The maximum absolute atomic E-state index is 12.6. The molecule has 0 saturated heterocycles. The van der Waals surface area contributed by atoms with Crippen molar-refractivity contribution in [3.05, 3.63) is 47.5 Å². The van der Waals surface area contributed by atoms with E-state index in [0.717, 1.165) is 4.90 Å². The Labute approximate surface area is 150 Å². The molecule has 7 heteroatoms. The first kappa shape index (κ1) is 18.7. The van der Waals surface area contributed by atoms with Gasteiger partial charge in [0.1, 0.15) is 0 Å². The summed E-state index contributed by atoms with van der Waals surface area (Å²) in [5.41, 5.74) is 0.548. The number of amides is 1. The predicted molar refractivity (Wildman–Crippen MR) is 97.3 cm³/mol. The quantitative estimate of drug-likeness (QED) is 0.730. The molecule has 0 heterocycles. The lowest BCUT2D eigenvalue weighted by molar-refractivity contribution is 0.0697. The van der Waals surface area contributed by atoms with E-state index in [1.54, 1.807) is 19.1 Å². The number of hydrogen-bond acceptors (Lipinski definition) is 5. The van der Waals surface area contributed by atoms with Crippen molar-refractivity contribution >= 4 is 29.3 Å². The molecule has 0 aliphatic carbocycles. The molecule has 2 rings (SSSR count). The van der Waals surface area contributed by atoms with Gasteiger partial charge in [0.25, 0.3) is 5.91 Å². The first-order chi connectivity index (χ1) is 12.0. The molecule has 0 atom stereocenters. The first-order valence-electron chi connectivity index (χ1n) is 7.54. The molecule has 0 unspecified atom stereocenters. The van der Waals surface area contributed by atoms with E-state index in [1.807, 2.05) is 18.4 Å². The number of nitrogens with one attached hydrogen (secondary N) is 1. The summed E-state index contributed by atoms with van der Waals surface area (Å²) in [4.78, 5) is 25.0. The zero-order valence-electron chi connectivity index (χ0n) is 14.2. The molecular weight excluding hydrogens is 342 g/mol. The van der Waals surface area contributed by atoms with Crippen molar-refractivity contribution < 1.29 is 24.2 Å². The third-order valence-corrected chi connectivity index (χ3v) is 4.23. The van der Waals surface area contributed by atoms with Gasteiger partial charge in [0, 0.05) is 17.0 Å². The monoisotopic (exact) mass is 361 g/mol. The fourth-order valence-corrected chi connectivity index (χ4v) is 2.89. The Morgan fingerprint density at radius 1 is 1.16 bits per heavy atom. The summed E-state index contributed by atoms with van der Waals surface area (Å²) in [7, 11) is 1.45. The number of methoxy groups -OCH3 is 1. The van der Waals surface area contributed by atoms with Crippen LogP contribution in [0.4, 0.5) is 5.69 Å². The lowest BCUT2D eigenvalue weighted by atomic mass is 10.1. The summed E-state index contributed by atoms with van der Waals surface area (Å²) >= 11 is 1.44. The Hall–Kier alpha value is -2.67. The maximum Gasteiger partial charge on any atom is 0.337 e. The molecule has 2 aromatic rings. The van der Waals surface area contributed by atoms with Crippen LogP contribution in [0.1, 0.15) is 27.6 Å². The highest BCUT2D eigenvalue weighted by atomic mass is 32.2. The molecule has 132 valence electrons. The third kappa shape index (κ3) is 4.24. The van der Waals surface area contributed by atoms with Crippen molar-refractivity contribution in [1.82, 2.24) is 0 Å². The Balaban J connectivity index is 2.43. The SMILES string of the molecule is CCOc1cc(C(=O)O)c(NC(=O)c2ccccc2SC)cc1OC. The number of carboxylic acids is 1. The number of benzene rings is 2. The van der Waals surface area contributed by atoms with Gasteiger partial charge in [-0.25, -0.2) is 4.79 Å². The summed E-state index contributed by atoms with van der Waals surface area (Å²) in [6, 6.07) is 9.91. The number of carbonyl (C=O) groups excluding carboxylic acids is 1. The van der Waals surface area contributed by atoms with Crippen molar-refractivity contribution in [2.24, 2.45) is 0 Å². The minimum absolute atomic E-state index is 0.0702. The van der Waals surface area contributed by atoms with Gasteiger partial charge >= 0.3 is 5.97 Å². The molecule has 0 aromatic heterocycles. The van der Waals surface area contributed by atoms with Crippen LogP contribution in [0, 0.1) is 0 Å². The minimum atomic E-state index is -1.17. The second kappa shape index (κ2) is 8.43. The highest BCUT2D eigenvalue weighted by Gasteiger charge is 2.19. The van der Waals surface area contributed by atoms with E-state index < -0.39 is 11.9 Å². The second-order valence-electron chi connectivity index (χ2n) is 4.94. The topological polar surface area (TPSA) is 84.9 Å². The first-order valence-corrected chi connectivity index (χ1v) is 8.76. The molecule has 6 nitrogen and oxygen atoms in total. The Morgan fingerprint density at radius 3 is 2.48 bits per heavy atom. The second-order valence-corrected chi connectivity index (χ2v) is 5.79. The number of thioether (sulfide) groups is 1. The van der Waals surface area contributed by atoms with Crippen LogP contribution >= 0.6 is 11.8 Å². The van der Waals surface area contributed by atoms with Crippen molar-refractivity contribution in [3.63, 3.8) is 0 Å². The number of aromatic carboxylic acids is 1. The predicted octanol–water partition coefficient (Wildman–Crippen LogP) is 3.77. The van der Waals surface area contributed by atoms with E-state index in [0.29, 0.717) is 23.7 Å². The van der Waals surface area contributed by atoms with E-state index in [9.17, 15) is 14.7 Å². The van der Waals surface area contributed by atoms with Crippen LogP contribution in [0.3, 0.4) is 0 Å². The molecule has 0 aliphatic heterocycles. The number of ether oxygens (including phenoxy) is 2. The fraction of sp³-hybridized carbons (Fsp3) is 0.222. The fourth-order valence-electron chi connectivity index (χ4n) is 2.29. The number of anilines is 1. The smallest absolute Gasteiger partial charge is 0.337 e. The van der Waals surface area contributed by atoms with Gasteiger partial charge in [-0.1, -0.05) is 12.1 Å². The normalized spacial score (nSPS) is 10.2. The van der Waals surface area contributed by atoms with Gasteiger partial charge in [0.2, 0.25) is 0 Å². The van der Waals surface area contributed by atoms with Gasteiger partial charge in [-0.3, -0.25) is 4.79 Å². The van der Waals surface area contributed by atoms with Crippen molar-refractivity contribution in [2.75, 3.05) is 25.3 Å². The lowest BCUT2D eigenvalue weighted by Gasteiger charge is -2.15. The van der Waals surface area contributed by atoms with E-state index in [4.69, 9.17) is 9.47 Å². The van der Waals surface area contributed by atoms with Crippen molar-refractivity contribution in [3.8, 4) is 11.5 Å². The summed E-state index contributed by atoms with van der Waals surface area (Å²) < 4.78 is 10.6. The average molecular weight is 361 g/mol. The molecule has 0 saturated carbocycles. The number of rotatable bonds is 7. The van der Waals surface area contributed by atoms with Crippen LogP contribution in [0.15, 0.2) is 41.3 Å². The Bertz CT molecular complexity index is 791. The van der Waals surface area contributed by atoms with Crippen molar-refractivity contribution in [2.45, 2.75) is 11.8 Å². The van der Waals surface area contributed by atoms with Crippen LogP contribution in [-0.4, -0.2) is 37.0 Å². The zero-order chi connectivity index (χ0) is 18.4. The third-order valence-electron chi connectivity index (χ3n) is 3.43. The summed E-state index contributed by atoms with van der Waals surface area (Å²) in [6.07, 6.45) is 1.87. The maximum atomic E-state index is 12.6. The summed E-state index contributed by atoms with van der Waals surface area (Å²) in [6.45, 7) is 2.15. The van der Waals surface area contributed by atoms with Gasteiger partial charge < -0.3 is 19.9 Å². The molecule has 0 spiro atoms. The lowest BCUT2D eigenvalue weighted by Crippen LogP contribution is -2.16. The Kier molecular flexibility index (Phi) is 6.30. The molecule has 0 aliphatic rings. The number of carbonyl (C=O) groups is 2. The number of hydrogen-bond donors (Lipinski definition) is 2. The highest BCUT2D eigenvalue weighted by molar-refractivity contribution is 7.98. The molecule has 0 fully saturated rings. The van der Waals surface area contributed by atoms with Crippen LogP contribution in [-0.2, 0) is 0 Å². The van der Waals surface area contributed by atoms with E-state index in [-0.39, 0.29) is 11.3 Å². The van der Waals surface area contributed by atoms with Crippen LogP contribution in [0.25, 0.3) is 0 Å². The van der Waals surface area contributed by atoms with E-state index in [2.05, 4.69) is 5.32 Å². The number of carboxylic acid groups (broad SMARTS) is 1. The van der Waals surface area contributed by atoms with Crippen LogP contribution < -0.4 is 14.8 Å². The molecule has 0 radical (unpaired) electrons. The highest BCUT2D eigenvalue weighted by Crippen LogP contribution is 2.34. The van der Waals surface area contributed by atoms with Gasteiger partial charge in [-0.2, -0.15) is 0 Å². The summed E-state index contributed by atoms with van der Waals surface area (Å²) in [5.74, 6) is -0.902. The van der Waals surface area contributed by atoms with Gasteiger partial charge in [0.05, 0.1) is 30.5 Å². The minimum Gasteiger partial charge on any atom is -0.493 e. The largest absolute Gasteiger partial charge is 0.493 e. The van der Waals surface area contributed by atoms with Crippen LogP contribution in [0.2, 0.25) is 0 Å². The molecule has 2 N–H and O–H groups in total. The Morgan fingerprint density at radius 2 is 1.88 bits per heavy atom. The average Bonchev–Trinajstić information content (AvgIpc) is 2.62. The van der Waals surface area contributed by atoms with Gasteiger partial charge in [-0.15, -0.1) is 11.8 Å². The van der Waals surface area contributed by atoms with E-state index >= 15 is 0 Å². The standard InChI is InChI=1S/C18H19NO5S/c1-4-24-15-9-12(18(21)22)13(10-14(15)23-2)19-17(20)11-7-5-6-8-16(11)25-3/h5-10H,4H2,1-3H3,(H,19,20)(H,21,22). The van der Waals surface area contributed by atoms with Gasteiger partial charge in [-0.05, 0) is 25.3 Å². The molecule has 0 bridgehead atoms. The molecule has 2 aromatic carbocycles. The van der Waals surface area contributed by atoms with Crippen LogP contribution in [0.5, 0.6) is 11.5 Å². The molecule has 1 amide bonds. The van der Waals surface area contributed by atoms with E-state index in [1.165, 1.54) is 31.0 Å². The summed E-state index contributed by atoms with van der Waals surface area (Å²) in [5, 5.41) is 12.1. The molecular formula is C18H19NO5S.